The number of hydrogen-bond acceptors (Lipinski definition) is 8. The Morgan fingerprint density at radius 1 is 0.914 bits per heavy atom. The third kappa shape index (κ3) is 12.9. The highest BCUT2D eigenvalue weighted by molar-refractivity contribution is 6.38. The molecule has 1 aliphatic carbocycles. The predicted octanol–water partition coefficient (Wildman–Crippen LogP) is 6.99. The van der Waals surface area contributed by atoms with Gasteiger partial charge in [-0.2, -0.15) is 0 Å². The van der Waals surface area contributed by atoms with E-state index in [1.165, 1.54) is 41.9 Å². The molecule has 0 radical (unpaired) electrons. The van der Waals surface area contributed by atoms with Crippen LogP contribution in [0.4, 0.5) is 0 Å². The standard InChI is InChI=1S/C42H61N7O6.C3H8.3H2/c1-8-10-17-32(35(50)39(53)45-28(4)29-21-19-27(3)20-22-29)48(7)40(54)33-18-14-25-49(33)41(55)36(42(5,6)9-2)47-38(52)34(30-15-12-11-13-16-30)46-37(51)31-26-43-23-24-44-31;1-3-2;;;/h19-24,26,28,30,32-34,36H,8-18,25H2,1-7H3,(H,45,53)(H,46,51)(H,47,52);3H2,1-2H3;3*1H/t28-,32-,33-,34-,36+;;;;/m0..../s1. The molecule has 58 heavy (non-hydrogen) atoms. The van der Waals surface area contributed by atoms with Gasteiger partial charge >= 0.3 is 0 Å². The monoisotopic (exact) mass is 810 g/mol. The van der Waals surface area contributed by atoms with Gasteiger partial charge < -0.3 is 25.8 Å². The number of nitrogens with zero attached hydrogens (tertiary/aromatic N) is 4. The predicted molar refractivity (Wildman–Crippen MR) is 232 cm³/mol. The molecule has 13 nitrogen and oxygen atoms in total. The van der Waals surface area contributed by atoms with Crippen molar-refractivity contribution in [2.75, 3.05) is 13.6 Å². The molecule has 4 rings (SSSR count). The van der Waals surface area contributed by atoms with Gasteiger partial charge in [0.25, 0.3) is 11.8 Å². The molecule has 0 bridgehead atoms. The molecule has 1 saturated carbocycles. The third-order valence-electron chi connectivity index (χ3n) is 11.6. The second kappa shape index (κ2) is 23.0. The highest BCUT2D eigenvalue weighted by Crippen LogP contribution is 2.32. The number of carbonyl (C=O) groups is 6. The second-order valence-electron chi connectivity index (χ2n) is 16.7. The molecule has 0 spiro atoms. The lowest BCUT2D eigenvalue weighted by Gasteiger charge is -2.39. The molecule has 326 valence electrons. The van der Waals surface area contributed by atoms with Crippen LogP contribution in [-0.2, 0) is 24.0 Å². The Bertz CT molecular complexity index is 1680. The number of hydrogen-bond donors (Lipinski definition) is 3. The van der Waals surface area contributed by atoms with Crippen molar-refractivity contribution in [3.63, 3.8) is 0 Å². The van der Waals surface area contributed by atoms with Crippen molar-refractivity contribution in [2.45, 2.75) is 163 Å². The molecule has 1 aliphatic heterocycles. The Morgan fingerprint density at radius 3 is 2.16 bits per heavy atom. The molecule has 1 aromatic heterocycles. The lowest BCUT2D eigenvalue weighted by Crippen LogP contribution is -2.62. The van der Waals surface area contributed by atoms with Gasteiger partial charge in [0.1, 0.15) is 23.8 Å². The maximum atomic E-state index is 14.6. The van der Waals surface area contributed by atoms with Crippen LogP contribution in [0.1, 0.15) is 157 Å². The Balaban J connectivity index is 0.00000582. The van der Waals surface area contributed by atoms with Crippen molar-refractivity contribution >= 4 is 35.3 Å². The lowest BCUT2D eigenvalue weighted by molar-refractivity contribution is -0.151. The summed E-state index contributed by atoms with van der Waals surface area (Å²) in [6.07, 6.45) is 13.1. The van der Waals surface area contributed by atoms with Crippen molar-refractivity contribution in [3.8, 4) is 0 Å². The van der Waals surface area contributed by atoms with Gasteiger partial charge in [-0.15, -0.1) is 0 Å². The molecule has 3 N–H and O–H groups in total. The Kier molecular flexibility index (Phi) is 19.0. The first-order chi connectivity index (χ1) is 27.6. The second-order valence-corrected chi connectivity index (χ2v) is 16.7. The van der Waals surface area contributed by atoms with E-state index in [1.807, 2.05) is 65.8 Å². The van der Waals surface area contributed by atoms with Gasteiger partial charge in [0, 0.05) is 30.3 Å². The fourth-order valence-corrected chi connectivity index (χ4v) is 7.62. The number of amides is 5. The normalized spacial score (nSPS) is 17.7. The van der Waals surface area contributed by atoms with Crippen molar-refractivity contribution in [3.05, 3.63) is 59.7 Å². The van der Waals surface area contributed by atoms with Gasteiger partial charge in [-0.1, -0.05) is 110 Å². The van der Waals surface area contributed by atoms with Crippen LogP contribution in [0.15, 0.2) is 42.9 Å². The fraction of sp³-hybridized carbons (Fsp3) is 0.644. The van der Waals surface area contributed by atoms with Crippen LogP contribution in [-0.4, -0.2) is 92.8 Å². The number of ketones is 1. The van der Waals surface area contributed by atoms with E-state index in [0.717, 1.165) is 49.7 Å². The van der Waals surface area contributed by atoms with Gasteiger partial charge in [0.2, 0.25) is 23.5 Å². The number of aryl methyl sites for hydroxylation is 1. The van der Waals surface area contributed by atoms with E-state index in [-0.39, 0.29) is 15.9 Å². The summed E-state index contributed by atoms with van der Waals surface area (Å²) in [7, 11) is 1.53. The van der Waals surface area contributed by atoms with Crippen molar-refractivity contribution in [1.29, 1.82) is 0 Å². The average molecular weight is 810 g/mol. The largest absolute Gasteiger partial charge is 0.343 e. The number of likely N-dealkylation sites (tertiary alicyclic amines) is 1. The maximum absolute atomic E-state index is 14.6. The number of carbonyl (C=O) groups excluding carboxylic acids is 6. The van der Waals surface area contributed by atoms with Crippen molar-refractivity contribution in [2.24, 2.45) is 11.3 Å². The van der Waals surface area contributed by atoms with Crippen LogP contribution in [0.5, 0.6) is 0 Å². The van der Waals surface area contributed by atoms with Gasteiger partial charge in [0.15, 0.2) is 0 Å². The van der Waals surface area contributed by atoms with Crippen molar-refractivity contribution < 1.29 is 33.0 Å². The maximum Gasteiger partial charge on any atom is 0.290 e. The first-order valence-electron chi connectivity index (χ1n) is 21.5. The van der Waals surface area contributed by atoms with Gasteiger partial charge in [-0.3, -0.25) is 33.8 Å². The molecule has 2 aliphatic rings. The zero-order chi connectivity index (χ0) is 43.0. The Hall–Kier alpha value is -4.68. The van der Waals surface area contributed by atoms with E-state index in [4.69, 9.17) is 0 Å². The molecule has 1 saturated heterocycles. The van der Waals surface area contributed by atoms with E-state index in [9.17, 15) is 28.8 Å². The van der Waals surface area contributed by atoms with Crippen LogP contribution in [0.3, 0.4) is 0 Å². The lowest BCUT2D eigenvalue weighted by atomic mass is 9.79. The zero-order valence-electron chi connectivity index (χ0n) is 36.4. The number of likely N-dealkylation sites (N-methyl/N-ethyl adjacent to an activating group) is 1. The number of nitrogens with one attached hydrogen (secondary N) is 3. The SMILES string of the molecule is CCC.CCCC[C@@H](C(=O)C(=O)N[C@@H](C)c1ccc(C)cc1)N(C)C(=O)[C@@H]1CCCN1C(=O)[C@@H](NC(=O)[C@@H](NC(=O)c1cnccn1)C1CCCCC1)C(C)(C)CC.[HH].[HH].[HH]. The van der Waals surface area contributed by atoms with E-state index in [2.05, 4.69) is 39.8 Å². The van der Waals surface area contributed by atoms with Crippen LogP contribution in [0, 0.1) is 18.3 Å². The van der Waals surface area contributed by atoms with E-state index >= 15 is 0 Å². The van der Waals surface area contributed by atoms with Crippen molar-refractivity contribution in [1.82, 2.24) is 35.7 Å². The summed E-state index contributed by atoms with van der Waals surface area (Å²) in [6.45, 7) is 16.0. The minimum Gasteiger partial charge on any atom is -0.343 e. The summed E-state index contributed by atoms with van der Waals surface area (Å²) < 4.78 is 0. The topological polar surface area (TPSA) is 171 Å². The molecule has 2 aromatic rings. The minimum absolute atomic E-state index is 0. The molecule has 1 aromatic carbocycles. The van der Waals surface area contributed by atoms with E-state index in [1.54, 1.807) is 0 Å². The number of aromatic nitrogens is 2. The molecule has 5 atom stereocenters. The number of rotatable bonds is 17. The van der Waals surface area contributed by atoms with Gasteiger partial charge in [-0.05, 0) is 69.3 Å². The Morgan fingerprint density at radius 2 is 1.57 bits per heavy atom. The van der Waals surface area contributed by atoms with Crippen LogP contribution >= 0.6 is 0 Å². The first-order valence-corrected chi connectivity index (χ1v) is 21.5. The quantitative estimate of drug-likeness (QED) is 0.144. The molecule has 13 heteroatoms. The third-order valence-corrected chi connectivity index (χ3v) is 11.6. The van der Waals surface area contributed by atoms with E-state index in [0.29, 0.717) is 38.6 Å². The highest BCUT2D eigenvalue weighted by atomic mass is 16.2. The summed E-state index contributed by atoms with van der Waals surface area (Å²) in [5.74, 6) is -3.38. The highest BCUT2D eigenvalue weighted by Gasteiger charge is 2.46. The molecule has 2 heterocycles. The van der Waals surface area contributed by atoms with Gasteiger partial charge in [0.05, 0.1) is 18.3 Å². The Labute approximate surface area is 350 Å². The fourth-order valence-electron chi connectivity index (χ4n) is 7.62. The van der Waals surface area contributed by atoms with Crippen LogP contribution in [0.25, 0.3) is 0 Å². The minimum atomic E-state index is -1.01. The zero-order valence-corrected chi connectivity index (χ0v) is 36.4. The summed E-state index contributed by atoms with van der Waals surface area (Å²) in [6, 6.07) is 3.49. The number of unbranched alkanes of at least 4 members (excludes halogenated alkanes) is 1. The summed E-state index contributed by atoms with van der Waals surface area (Å²) in [5.41, 5.74) is 1.31. The summed E-state index contributed by atoms with van der Waals surface area (Å²) in [4.78, 5) is 94.5. The molecule has 2 fully saturated rings. The number of Topliss-reactive ketones (excluding diaryl/α,β-unsaturated/α-hetero) is 1. The molecule has 5 amide bonds. The van der Waals surface area contributed by atoms with Crippen LogP contribution < -0.4 is 16.0 Å². The molecular weight excluding hydrogens is 735 g/mol. The van der Waals surface area contributed by atoms with E-state index < -0.39 is 70.9 Å². The smallest absolute Gasteiger partial charge is 0.290 e. The molecule has 0 unspecified atom stereocenters. The molecular formula is C45H75N7O6. The van der Waals surface area contributed by atoms with Crippen LogP contribution in [0.2, 0.25) is 0 Å². The summed E-state index contributed by atoms with van der Waals surface area (Å²) >= 11 is 0. The summed E-state index contributed by atoms with van der Waals surface area (Å²) in [5, 5.41) is 8.74. The number of benzene rings is 1. The first kappa shape index (κ1) is 47.7. The van der Waals surface area contributed by atoms with Gasteiger partial charge in [-0.25, -0.2) is 4.98 Å². The average Bonchev–Trinajstić information content (AvgIpc) is 3.72.